The predicted molar refractivity (Wildman–Crippen MR) is 57.6 cm³/mol. The van der Waals surface area contributed by atoms with Gasteiger partial charge in [0.05, 0.1) is 6.20 Å². The van der Waals surface area contributed by atoms with E-state index in [2.05, 4.69) is 5.10 Å². The maximum absolute atomic E-state index is 11.6. The van der Waals surface area contributed by atoms with Gasteiger partial charge in [0.15, 0.2) is 0 Å². The molecule has 1 rings (SSSR count). The second-order valence-electron chi connectivity index (χ2n) is 4.30. The molecule has 5 nitrogen and oxygen atoms in total. The van der Waals surface area contributed by atoms with Crippen LogP contribution in [-0.4, -0.2) is 21.5 Å². The van der Waals surface area contributed by atoms with E-state index in [1.807, 2.05) is 6.92 Å². The summed E-state index contributed by atoms with van der Waals surface area (Å²) in [5.74, 6) is 0.353. The van der Waals surface area contributed by atoms with Gasteiger partial charge in [0.25, 0.3) is 0 Å². The molecule has 0 saturated heterocycles. The molecule has 0 aliphatic rings. The Morgan fingerprint density at radius 2 is 2.20 bits per heavy atom. The molecule has 0 amide bonds. The fourth-order valence-corrected chi connectivity index (χ4v) is 1.11. The first kappa shape index (κ1) is 11.6. The Labute approximate surface area is 89.2 Å². The number of aromatic nitrogens is 2. The van der Waals surface area contributed by atoms with Crippen molar-refractivity contribution in [3.63, 3.8) is 0 Å². The standard InChI is InChI=1S/C10H17N3O2/c1-5-7-6-12-13(8(7)11)9(14)15-10(2,3)4/h6H,5,11H2,1-4H3. The number of nitrogen functional groups attached to an aromatic ring is 1. The van der Waals surface area contributed by atoms with Crippen molar-refractivity contribution < 1.29 is 9.53 Å². The number of nitrogens with two attached hydrogens (primary N) is 1. The lowest BCUT2D eigenvalue weighted by Gasteiger charge is -2.19. The van der Waals surface area contributed by atoms with E-state index in [0.29, 0.717) is 5.82 Å². The largest absolute Gasteiger partial charge is 0.442 e. The number of nitrogens with zero attached hydrogens (tertiary/aromatic N) is 2. The van der Waals surface area contributed by atoms with Crippen LogP contribution in [0.4, 0.5) is 10.6 Å². The number of carbonyl (C=O) groups excluding carboxylic acids is 1. The highest BCUT2D eigenvalue weighted by Crippen LogP contribution is 2.14. The summed E-state index contributed by atoms with van der Waals surface area (Å²) < 4.78 is 6.23. The maximum Gasteiger partial charge on any atom is 0.437 e. The predicted octanol–water partition coefficient (Wildman–Crippen LogP) is 1.81. The van der Waals surface area contributed by atoms with Crippen LogP contribution < -0.4 is 5.73 Å². The van der Waals surface area contributed by atoms with Crippen molar-refractivity contribution in [2.45, 2.75) is 39.7 Å². The van der Waals surface area contributed by atoms with Crippen LogP contribution in [0.2, 0.25) is 0 Å². The highest BCUT2D eigenvalue weighted by atomic mass is 16.6. The summed E-state index contributed by atoms with van der Waals surface area (Å²) in [6.45, 7) is 7.34. The number of rotatable bonds is 1. The van der Waals surface area contributed by atoms with Gasteiger partial charge in [0.2, 0.25) is 0 Å². The highest BCUT2D eigenvalue weighted by Gasteiger charge is 2.20. The first-order valence-corrected chi connectivity index (χ1v) is 4.91. The summed E-state index contributed by atoms with van der Waals surface area (Å²) in [4.78, 5) is 11.6. The minimum atomic E-state index is -0.542. The van der Waals surface area contributed by atoms with Crippen molar-refractivity contribution in [2.24, 2.45) is 0 Å². The van der Waals surface area contributed by atoms with Crippen molar-refractivity contribution >= 4 is 11.9 Å². The van der Waals surface area contributed by atoms with Crippen LogP contribution in [-0.2, 0) is 11.2 Å². The third-order valence-electron chi connectivity index (χ3n) is 1.83. The molecule has 2 N–H and O–H groups in total. The zero-order chi connectivity index (χ0) is 11.6. The van der Waals surface area contributed by atoms with Gasteiger partial charge in [-0.15, -0.1) is 4.68 Å². The van der Waals surface area contributed by atoms with Gasteiger partial charge in [-0.3, -0.25) is 0 Å². The van der Waals surface area contributed by atoms with E-state index in [4.69, 9.17) is 10.5 Å². The normalized spacial score (nSPS) is 11.5. The van der Waals surface area contributed by atoms with Crippen molar-refractivity contribution in [2.75, 3.05) is 5.73 Å². The van der Waals surface area contributed by atoms with Gasteiger partial charge in [-0.1, -0.05) is 6.92 Å². The molecule has 0 spiro atoms. The van der Waals surface area contributed by atoms with Gasteiger partial charge in [0, 0.05) is 5.56 Å². The fourth-order valence-electron chi connectivity index (χ4n) is 1.11. The maximum atomic E-state index is 11.6. The van der Waals surface area contributed by atoms with Gasteiger partial charge in [-0.05, 0) is 27.2 Å². The summed E-state index contributed by atoms with van der Waals surface area (Å²) in [5, 5.41) is 3.89. The van der Waals surface area contributed by atoms with E-state index in [1.54, 1.807) is 27.0 Å². The molecule has 1 heterocycles. The zero-order valence-electron chi connectivity index (χ0n) is 9.57. The third-order valence-corrected chi connectivity index (χ3v) is 1.83. The Balaban J connectivity index is 2.88. The average Bonchev–Trinajstić information content (AvgIpc) is 2.43. The van der Waals surface area contributed by atoms with Gasteiger partial charge < -0.3 is 10.5 Å². The number of carbonyl (C=O) groups is 1. The van der Waals surface area contributed by atoms with E-state index in [-0.39, 0.29) is 0 Å². The van der Waals surface area contributed by atoms with Crippen molar-refractivity contribution in [3.8, 4) is 0 Å². The zero-order valence-corrected chi connectivity index (χ0v) is 9.57. The quantitative estimate of drug-likeness (QED) is 0.769. The summed E-state index contributed by atoms with van der Waals surface area (Å²) >= 11 is 0. The fraction of sp³-hybridized carbons (Fsp3) is 0.600. The minimum Gasteiger partial charge on any atom is -0.442 e. The van der Waals surface area contributed by atoms with Crippen molar-refractivity contribution in [3.05, 3.63) is 11.8 Å². The summed E-state index contributed by atoms with van der Waals surface area (Å²) in [7, 11) is 0. The van der Waals surface area contributed by atoms with E-state index in [0.717, 1.165) is 16.7 Å². The lowest BCUT2D eigenvalue weighted by atomic mass is 10.2. The van der Waals surface area contributed by atoms with E-state index < -0.39 is 11.7 Å². The number of hydrogen-bond acceptors (Lipinski definition) is 4. The lowest BCUT2D eigenvalue weighted by Crippen LogP contribution is -2.28. The molecule has 0 atom stereocenters. The van der Waals surface area contributed by atoms with Gasteiger partial charge in [-0.25, -0.2) is 4.79 Å². The summed E-state index contributed by atoms with van der Waals surface area (Å²) in [5.41, 5.74) is 6.04. The molecule has 1 aromatic rings. The molecule has 0 aromatic carbocycles. The Bertz CT molecular complexity index is 363. The number of anilines is 1. The smallest absolute Gasteiger partial charge is 0.437 e. The van der Waals surface area contributed by atoms with Gasteiger partial charge >= 0.3 is 6.09 Å². The van der Waals surface area contributed by atoms with Crippen LogP contribution in [0.1, 0.15) is 33.3 Å². The molecule has 5 heteroatoms. The lowest BCUT2D eigenvalue weighted by molar-refractivity contribution is 0.0519. The first-order chi connectivity index (χ1) is 6.85. The van der Waals surface area contributed by atoms with Gasteiger partial charge in [0.1, 0.15) is 11.4 Å². The molecule has 0 aliphatic heterocycles. The average molecular weight is 211 g/mol. The van der Waals surface area contributed by atoms with E-state index in [1.165, 1.54) is 0 Å². The van der Waals surface area contributed by atoms with Crippen LogP contribution in [0.3, 0.4) is 0 Å². The van der Waals surface area contributed by atoms with Crippen LogP contribution in [0.25, 0.3) is 0 Å². The van der Waals surface area contributed by atoms with Crippen LogP contribution in [0.5, 0.6) is 0 Å². The van der Waals surface area contributed by atoms with Crippen molar-refractivity contribution in [1.29, 1.82) is 0 Å². The van der Waals surface area contributed by atoms with E-state index in [9.17, 15) is 4.79 Å². The number of ether oxygens (including phenoxy) is 1. The van der Waals surface area contributed by atoms with E-state index >= 15 is 0 Å². The Morgan fingerprint density at radius 3 is 2.60 bits per heavy atom. The number of aryl methyl sites for hydroxylation is 1. The van der Waals surface area contributed by atoms with Gasteiger partial charge in [-0.2, -0.15) is 5.10 Å². The first-order valence-electron chi connectivity index (χ1n) is 4.91. The monoisotopic (exact) mass is 211 g/mol. The highest BCUT2D eigenvalue weighted by molar-refractivity contribution is 5.74. The molecular formula is C10H17N3O2. The second kappa shape index (κ2) is 3.92. The second-order valence-corrected chi connectivity index (χ2v) is 4.30. The van der Waals surface area contributed by atoms with Crippen LogP contribution in [0.15, 0.2) is 6.20 Å². The van der Waals surface area contributed by atoms with Crippen molar-refractivity contribution in [1.82, 2.24) is 9.78 Å². The number of hydrogen-bond donors (Lipinski definition) is 1. The summed E-state index contributed by atoms with van der Waals surface area (Å²) in [6.07, 6.45) is 1.79. The Kier molecular flexibility index (Phi) is 3.02. The SMILES string of the molecule is CCc1cnn(C(=O)OC(C)(C)C)c1N. The molecule has 0 unspecified atom stereocenters. The molecule has 0 aliphatic carbocycles. The molecular weight excluding hydrogens is 194 g/mol. The third kappa shape index (κ3) is 2.71. The molecule has 0 bridgehead atoms. The van der Waals surface area contributed by atoms with Crippen LogP contribution >= 0.6 is 0 Å². The summed E-state index contributed by atoms with van der Waals surface area (Å²) in [6, 6.07) is 0. The Hall–Kier alpha value is -1.52. The molecule has 84 valence electrons. The molecule has 15 heavy (non-hydrogen) atoms. The minimum absolute atomic E-state index is 0.353. The molecule has 1 aromatic heterocycles. The molecule has 0 radical (unpaired) electrons. The van der Waals surface area contributed by atoms with Crippen LogP contribution in [0, 0.1) is 0 Å². The molecule has 0 saturated carbocycles. The molecule has 0 fully saturated rings. The Morgan fingerprint density at radius 1 is 1.60 bits per heavy atom. The topological polar surface area (TPSA) is 70.1 Å².